The first-order valence-corrected chi connectivity index (χ1v) is 8.90. The molecule has 0 saturated carbocycles. The van der Waals surface area contributed by atoms with E-state index in [4.69, 9.17) is 0 Å². The summed E-state index contributed by atoms with van der Waals surface area (Å²) in [6.07, 6.45) is 6.36. The van der Waals surface area contributed by atoms with E-state index in [1.54, 1.807) is 12.3 Å². The van der Waals surface area contributed by atoms with E-state index in [0.717, 1.165) is 19.4 Å². The van der Waals surface area contributed by atoms with Gasteiger partial charge < -0.3 is 10.2 Å². The molecule has 7 heteroatoms. The van der Waals surface area contributed by atoms with Crippen molar-refractivity contribution >= 4 is 15.7 Å². The minimum absolute atomic E-state index is 0.213. The van der Waals surface area contributed by atoms with Crippen molar-refractivity contribution in [1.82, 2.24) is 14.6 Å². The van der Waals surface area contributed by atoms with Gasteiger partial charge in [0.05, 0.1) is 5.69 Å². The number of anilines is 1. The fourth-order valence-corrected chi connectivity index (χ4v) is 3.81. The van der Waals surface area contributed by atoms with Gasteiger partial charge in [0.25, 0.3) is 0 Å². The summed E-state index contributed by atoms with van der Waals surface area (Å²) in [6.45, 7) is 4.07. The van der Waals surface area contributed by atoms with Crippen molar-refractivity contribution < 1.29 is 8.42 Å². The summed E-state index contributed by atoms with van der Waals surface area (Å²) in [7, 11) is -1.49. The molecule has 1 saturated heterocycles. The smallest absolute Gasteiger partial charge is 0.244 e. The monoisotopic (exact) mass is 312 g/mol. The molecule has 1 aromatic heterocycles. The maximum Gasteiger partial charge on any atom is 0.244 e. The molecule has 6 nitrogen and oxygen atoms in total. The number of hydrogen-bond donors (Lipinski definition) is 2. The molecule has 0 radical (unpaired) electrons. The largest absolute Gasteiger partial charge is 0.384 e. The third-order valence-corrected chi connectivity index (χ3v) is 5.32. The van der Waals surface area contributed by atoms with E-state index in [2.05, 4.69) is 19.9 Å². The van der Waals surface area contributed by atoms with E-state index < -0.39 is 10.0 Å². The average molecular weight is 312 g/mol. The Morgan fingerprint density at radius 1 is 1.43 bits per heavy atom. The van der Waals surface area contributed by atoms with Crippen LogP contribution in [0, 0.1) is 0 Å². The Labute approximate surface area is 127 Å². The minimum Gasteiger partial charge on any atom is -0.384 e. The lowest BCUT2D eigenvalue weighted by molar-refractivity contribution is 0.187. The summed E-state index contributed by atoms with van der Waals surface area (Å²) in [5.74, 6) is 0. The van der Waals surface area contributed by atoms with Gasteiger partial charge in [0.1, 0.15) is 4.90 Å². The topological polar surface area (TPSA) is 74.3 Å². The lowest BCUT2D eigenvalue weighted by Crippen LogP contribution is -2.44. The number of sulfonamides is 1. The van der Waals surface area contributed by atoms with Gasteiger partial charge >= 0.3 is 0 Å². The first-order chi connectivity index (χ1) is 10.0. The number of pyridine rings is 1. The van der Waals surface area contributed by atoms with Crippen LogP contribution in [0.2, 0.25) is 0 Å². The van der Waals surface area contributed by atoms with Crippen LogP contribution in [0.5, 0.6) is 0 Å². The molecule has 0 spiro atoms. The molecule has 1 aliphatic rings. The number of nitrogens with one attached hydrogen (secondary N) is 2. The Morgan fingerprint density at radius 2 is 2.24 bits per heavy atom. The standard InChI is InChI=1S/C14H24N4O2S/c1-3-16-13-7-8-15-11-14(13)21(19,20)17-10-12-6-4-5-9-18(12)2/h7-8,11-12,17H,3-6,9-10H2,1-2H3,(H,15,16). The molecule has 1 aromatic rings. The first kappa shape index (κ1) is 16.2. The van der Waals surface area contributed by atoms with E-state index in [1.165, 1.54) is 12.6 Å². The molecule has 0 bridgehead atoms. The van der Waals surface area contributed by atoms with E-state index in [1.807, 2.05) is 14.0 Å². The fourth-order valence-electron chi connectivity index (χ4n) is 2.62. The van der Waals surface area contributed by atoms with Gasteiger partial charge in [-0.1, -0.05) is 6.42 Å². The Kier molecular flexibility index (Phi) is 5.55. The van der Waals surface area contributed by atoms with Crippen LogP contribution >= 0.6 is 0 Å². The highest BCUT2D eigenvalue weighted by molar-refractivity contribution is 7.89. The summed E-state index contributed by atoms with van der Waals surface area (Å²) >= 11 is 0. The summed E-state index contributed by atoms with van der Waals surface area (Å²) in [5, 5.41) is 3.06. The van der Waals surface area contributed by atoms with Crippen molar-refractivity contribution in [3.63, 3.8) is 0 Å². The molecular weight excluding hydrogens is 288 g/mol. The van der Waals surface area contributed by atoms with Gasteiger partial charge in [-0.25, -0.2) is 13.1 Å². The minimum atomic E-state index is -3.54. The SMILES string of the molecule is CCNc1ccncc1S(=O)(=O)NCC1CCCCN1C. The molecular formula is C14H24N4O2S. The lowest BCUT2D eigenvalue weighted by Gasteiger charge is -2.32. The Hall–Kier alpha value is -1.18. The molecule has 0 amide bonds. The highest BCUT2D eigenvalue weighted by atomic mass is 32.2. The van der Waals surface area contributed by atoms with Crippen molar-refractivity contribution in [3.05, 3.63) is 18.5 Å². The molecule has 1 unspecified atom stereocenters. The normalized spacial score (nSPS) is 20.4. The highest BCUT2D eigenvalue weighted by Crippen LogP contribution is 2.20. The van der Waals surface area contributed by atoms with Gasteiger partial charge in [-0.3, -0.25) is 4.98 Å². The maximum atomic E-state index is 12.5. The Balaban J connectivity index is 2.08. The zero-order valence-electron chi connectivity index (χ0n) is 12.7. The van der Waals surface area contributed by atoms with Gasteiger partial charge in [-0.15, -0.1) is 0 Å². The van der Waals surface area contributed by atoms with Crippen molar-refractivity contribution in [2.24, 2.45) is 0 Å². The van der Waals surface area contributed by atoms with Gasteiger partial charge in [0, 0.05) is 31.5 Å². The van der Waals surface area contributed by atoms with E-state index in [0.29, 0.717) is 18.8 Å². The second kappa shape index (κ2) is 7.20. The summed E-state index contributed by atoms with van der Waals surface area (Å²) in [6, 6.07) is 1.96. The van der Waals surface area contributed by atoms with Crippen molar-refractivity contribution in [2.45, 2.75) is 37.1 Å². The summed E-state index contributed by atoms with van der Waals surface area (Å²) < 4.78 is 27.7. The number of likely N-dealkylation sites (tertiary alicyclic amines) is 1. The number of nitrogens with zero attached hydrogens (tertiary/aromatic N) is 2. The Bertz CT molecular complexity index is 562. The number of likely N-dealkylation sites (N-methyl/N-ethyl adjacent to an activating group) is 1. The van der Waals surface area contributed by atoms with Crippen molar-refractivity contribution in [1.29, 1.82) is 0 Å². The zero-order valence-corrected chi connectivity index (χ0v) is 13.5. The number of aromatic nitrogens is 1. The molecule has 0 aromatic carbocycles. The van der Waals surface area contributed by atoms with Crippen LogP contribution in [0.3, 0.4) is 0 Å². The third-order valence-electron chi connectivity index (χ3n) is 3.87. The molecule has 2 rings (SSSR count). The van der Waals surface area contributed by atoms with Crippen LogP contribution in [0.25, 0.3) is 0 Å². The molecule has 1 fully saturated rings. The zero-order chi connectivity index (χ0) is 15.3. The van der Waals surface area contributed by atoms with Crippen molar-refractivity contribution in [2.75, 3.05) is 32.0 Å². The van der Waals surface area contributed by atoms with Gasteiger partial charge in [-0.05, 0) is 39.4 Å². The number of hydrogen-bond acceptors (Lipinski definition) is 5. The predicted molar refractivity (Wildman–Crippen MR) is 83.9 cm³/mol. The third kappa shape index (κ3) is 4.15. The van der Waals surface area contributed by atoms with Crippen LogP contribution in [0.15, 0.2) is 23.4 Å². The molecule has 0 aliphatic carbocycles. The highest BCUT2D eigenvalue weighted by Gasteiger charge is 2.23. The number of piperidine rings is 1. The van der Waals surface area contributed by atoms with Crippen LogP contribution < -0.4 is 10.0 Å². The summed E-state index contributed by atoms with van der Waals surface area (Å²) in [5.41, 5.74) is 0.594. The Morgan fingerprint density at radius 3 is 2.95 bits per heavy atom. The van der Waals surface area contributed by atoms with Crippen molar-refractivity contribution in [3.8, 4) is 0 Å². The molecule has 1 atom stereocenters. The second-order valence-corrected chi connectivity index (χ2v) is 7.12. The van der Waals surface area contributed by atoms with Crippen LogP contribution in [-0.2, 0) is 10.0 Å². The van der Waals surface area contributed by atoms with E-state index >= 15 is 0 Å². The van der Waals surface area contributed by atoms with Gasteiger partial charge in [0.2, 0.25) is 10.0 Å². The summed E-state index contributed by atoms with van der Waals surface area (Å²) in [4.78, 5) is 6.37. The van der Waals surface area contributed by atoms with Crippen LogP contribution in [-0.4, -0.2) is 51.0 Å². The fraction of sp³-hybridized carbons (Fsp3) is 0.643. The van der Waals surface area contributed by atoms with Crippen LogP contribution in [0.1, 0.15) is 26.2 Å². The average Bonchev–Trinajstić information content (AvgIpc) is 2.47. The molecule has 118 valence electrons. The molecule has 2 N–H and O–H groups in total. The molecule has 1 aliphatic heterocycles. The van der Waals surface area contributed by atoms with E-state index in [9.17, 15) is 8.42 Å². The number of rotatable bonds is 6. The first-order valence-electron chi connectivity index (χ1n) is 7.42. The quantitative estimate of drug-likeness (QED) is 0.827. The maximum absolute atomic E-state index is 12.5. The lowest BCUT2D eigenvalue weighted by atomic mass is 10.0. The van der Waals surface area contributed by atoms with Crippen LogP contribution in [0.4, 0.5) is 5.69 Å². The second-order valence-electron chi connectivity index (χ2n) is 5.38. The van der Waals surface area contributed by atoms with Gasteiger partial charge in [-0.2, -0.15) is 0 Å². The molecule has 21 heavy (non-hydrogen) atoms. The molecule has 2 heterocycles. The van der Waals surface area contributed by atoms with Gasteiger partial charge in [0.15, 0.2) is 0 Å². The van der Waals surface area contributed by atoms with E-state index in [-0.39, 0.29) is 10.9 Å². The predicted octanol–water partition coefficient (Wildman–Crippen LogP) is 1.28.